The summed E-state index contributed by atoms with van der Waals surface area (Å²) in [6.45, 7) is 0.283. The van der Waals surface area contributed by atoms with Crippen LogP contribution in [0.3, 0.4) is 0 Å². The van der Waals surface area contributed by atoms with Crippen LogP contribution in [0.2, 0.25) is 0 Å². The molecule has 0 aliphatic rings. The van der Waals surface area contributed by atoms with Gasteiger partial charge in [-0.1, -0.05) is 0 Å². The van der Waals surface area contributed by atoms with Crippen LogP contribution in [0, 0.1) is 0 Å². The number of unbranched alkanes of at least 4 members (excludes halogenated alkanes) is 1. The third-order valence-electron chi connectivity index (χ3n) is 1.75. The molecule has 9 N–H and O–H groups in total. The van der Waals surface area contributed by atoms with Crippen molar-refractivity contribution in [3.8, 4) is 0 Å². The molecule has 0 unspecified atom stereocenters. The number of hydrogen-bond acceptors (Lipinski definition) is 5. The molecule has 0 fully saturated rings. The quantitative estimate of drug-likeness (QED) is 0.354. The van der Waals surface area contributed by atoms with Gasteiger partial charge in [-0.25, -0.2) is 0 Å². The zero-order chi connectivity index (χ0) is 11.0. The Bertz CT molecular complexity index is 198. The second-order valence-electron chi connectivity index (χ2n) is 2.93. The molecule has 0 saturated carbocycles. The lowest BCUT2D eigenvalue weighted by molar-refractivity contribution is -0.308. The molecule has 0 aromatic rings. The van der Waals surface area contributed by atoms with Crippen molar-refractivity contribution in [1.82, 2.24) is 11.5 Å². The Kier molecular flexibility index (Phi) is 10.2. The number of carbonyl (C=O) groups is 2. The fourth-order valence-electron chi connectivity index (χ4n) is 0.995. The summed E-state index contributed by atoms with van der Waals surface area (Å²) < 4.78 is 0. The largest absolute Gasteiger partial charge is 0.548 e. The molecule has 0 bridgehead atoms. The lowest BCUT2D eigenvalue weighted by Gasteiger charge is -2.18. The Labute approximate surface area is 88.8 Å². The molecule has 1 amide bonds. The van der Waals surface area contributed by atoms with Crippen LogP contribution in [-0.2, 0) is 9.59 Å². The maximum absolute atomic E-state index is 10.8. The molecule has 0 saturated heterocycles. The summed E-state index contributed by atoms with van der Waals surface area (Å²) in [5.41, 5.74) is 10.3. The average Bonchev–Trinajstić information content (AvgIpc) is 2.16. The number of quaternary nitrogens is 1. The summed E-state index contributed by atoms with van der Waals surface area (Å²) in [5.74, 6) is -1.78. The Balaban J connectivity index is 0. The lowest BCUT2D eigenvalue weighted by Crippen LogP contribution is -2.49. The molecule has 1 atom stereocenters. The van der Waals surface area contributed by atoms with Gasteiger partial charge in [0.05, 0.1) is 18.6 Å². The maximum Gasteiger partial charge on any atom is 0.234 e. The fourth-order valence-corrected chi connectivity index (χ4v) is 0.995. The first-order chi connectivity index (χ1) is 6.61. The summed E-state index contributed by atoms with van der Waals surface area (Å²) in [5, 5.41) is 12.8. The SMILES string of the molecule is NCCCC[C@H](NC(=O)CN)C(=O)[O-].[NH4+]. The van der Waals surface area contributed by atoms with Gasteiger partial charge in [0, 0.05) is 0 Å². The molecule has 0 aromatic carbocycles. The first-order valence-corrected chi connectivity index (χ1v) is 4.52. The minimum atomic E-state index is -1.29. The van der Waals surface area contributed by atoms with Crippen LogP contribution in [0.1, 0.15) is 19.3 Å². The molecule has 0 radical (unpaired) electrons. The van der Waals surface area contributed by atoms with Gasteiger partial charge < -0.3 is 32.8 Å². The minimum Gasteiger partial charge on any atom is -0.548 e. The van der Waals surface area contributed by atoms with Gasteiger partial charge in [-0.2, -0.15) is 0 Å². The normalized spacial score (nSPS) is 11.3. The number of hydrogen-bond donors (Lipinski definition) is 4. The van der Waals surface area contributed by atoms with Gasteiger partial charge in [0.1, 0.15) is 0 Å². The smallest absolute Gasteiger partial charge is 0.234 e. The highest BCUT2D eigenvalue weighted by molar-refractivity contribution is 5.83. The molecule has 90 valence electrons. The molecule has 0 aliphatic heterocycles. The van der Waals surface area contributed by atoms with Crippen LogP contribution in [0.25, 0.3) is 0 Å². The second-order valence-corrected chi connectivity index (χ2v) is 2.93. The number of aliphatic carboxylic acids is 1. The van der Waals surface area contributed by atoms with Crippen molar-refractivity contribution in [2.75, 3.05) is 13.1 Å². The molecule has 15 heavy (non-hydrogen) atoms. The molecule has 0 spiro atoms. The van der Waals surface area contributed by atoms with Gasteiger partial charge in [0.15, 0.2) is 0 Å². The third kappa shape index (κ3) is 7.86. The van der Waals surface area contributed by atoms with Crippen LogP contribution in [0.15, 0.2) is 0 Å². The topological polar surface area (TPSA) is 158 Å². The number of amides is 1. The van der Waals surface area contributed by atoms with Gasteiger partial charge in [-0.05, 0) is 25.8 Å². The van der Waals surface area contributed by atoms with Crippen LogP contribution in [0.5, 0.6) is 0 Å². The van der Waals surface area contributed by atoms with E-state index in [2.05, 4.69) is 5.32 Å². The Morgan fingerprint density at radius 2 is 1.87 bits per heavy atom. The summed E-state index contributed by atoms with van der Waals surface area (Å²) in [6, 6.07) is -0.961. The summed E-state index contributed by atoms with van der Waals surface area (Å²) >= 11 is 0. The number of nitrogens with two attached hydrogens (primary N) is 2. The van der Waals surface area contributed by atoms with E-state index in [0.29, 0.717) is 19.4 Å². The van der Waals surface area contributed by atoms with Crippen molar-refractivity contribution >= 4 is 11.9 Å². The summed E-state index contributed by atoms with van der Waals surface area (Å²) in [7, 11) is 0. The van der Waals surface area contributed by atoms with Gasteiger partial charge in [0.2, 0.25) is 5.91 Å². The maximum atomic E-state index is 10.8. The van der Waals surface area contributed by atoms with Crippen LogP contribution in [0.4, 0.5) is 0 Å². The average molecular weight is 220 g/mol. The van der Waals surface area contributed by atoms with E-state index in [1.165, 1.54) is 0 Å². The number of rotatable bonds is 7. The van der Waals surface area contributed by atoms with Crippen molar-refractivity contribution in [2.24, 2.45) is 11.5 Å². The number of carboxylic acids is 1. The van der Waals surface area contributed by atoms with E-state index in [9.17, 15) is 14.7 Å². The highest BCUT2D eigenvalue weighted by atomic mass is 16.4. The van der Waals surface area contributed by atoms with E-state index < -0.39 is 17.9 Å². The molecule has 0 heterocycles. The van der Waals surface area contributed by atoms with Crippen molar-refractivity contribution in [1.29, 1.82) is 0 Å². The van der Waals surface area contributed by atoms with Gasteiger partial charge >= 0.3 is 0 Å². The number of carboxylic acid groups (broad SMARTS) is 1. The second kappa shape index (κ2) is 9.38. The molecular formula is C8H20N4O3. The Hall–Kier alpha value is -1.18. The summed E-state index contributed by atoms with van der Waals surface area (Å²) in [6.07, 6.45) is 1.69. The predicted molar refractivity (Wildman–Crippen MR) is 54.9 cm³/mol. The van der Waals surface area contributed by atoms with E-state index in [1.54, 1.807) is 0 Å². The zero-order valence-corrected chi connectivity index (χ0v) is 8.99. The van der Waals surface area contributed by atoms with E-state index >= 15 is 0 Å². The Morgan fingerprint density at radius 3 is 2.27 bits per heavy atom. The third-order valence-corrected chi connectivity index (χ3v) is 1.75. The predicted octanol–water partition coefficient (Wildman–Crippen LogP) is -2.31. The molecule has 7 nitrogen and oxygen atoms in total. The van der Waals surface area contributed by atoms with Gasteiger partial charge in [-0.3, -0.25) is 4.79 Å². The monoisotopic (exact) mass is 220 g/mol. The Morgan fingerprint density at radius 1 is 1.27 bits per heavy atom. The lowest BCUT2D eigenvalue weighted by atomic mass is 10.1. The highest BCUT2D eigenvalue weighted by Gasteiger charge is 2.11. The van der Waals surface area contributed by atoms with Crippen molar-refractivity contribution < 1.29 is 14.7 Å². The van der Waals surface area contributed by atoms with E-state index in [1.807, 2.05) is 0 Å². The zero-order valence-electron chi connectivity index (χ0n) is 8.99. The van der Waals surface area contributed by atoms with Crippen LogP contribution >= 0.6 is 0 Å². The van der Waals surface area contributed by atoms with E-state index in [4.69, 9.17) is 11.5 Å². The van der Waals surface area contributed by atoms with Crippen LogP contribution in [-0.4, -0.2) is 31.0 Å². The fraction of sp³-hybridized carbons (Fsp3) is 0.750. The van der Waals surface area contributed by atoms with E-state index in [-0.39, 0.29) is 12.7 Å². The molecule has 7 heteroatoms. The summed E-state index contributed by atoms with van der Waals surface area (Å²) in [4.78, 5) is 21.4. The molecular weight excluding hydrogens is 200 g/mol. The first-order valence-electron chi connectivity index (χ1n) is 4.52. The van der Waals surface area contributed by atoms with Gasteiger partial charge in [0.25, 0.3) is 0 Å². The van der Waals surface area contributed by atoms with E-state index in [0.717, 1.165) is 6.42 Å². The number of carbonyl (C=O) groups excluding carboxylic acids is 2. The standard InChI is InChI=1S/C8H17N3O3.H3N/c9-4-2-1-3-6(8(13)14)11-7(12)5-10;/h6H,1-5,9-10H2,(H,11,12)(H,13,14);1H3/t6-;/m0./s1. The minimum absolute atomic E-state index is 0. The van der Waals surface area contributed by atoms with Crippen molar-refractivity contribution in [3.05, 3.63) is 0 Å². The highest BCUT2D eigenvalue weighted by Crippen LogP contribution is 1.99. The molecule has 0 rings (SSSR count). The molecule has 0 aromatic heterocycles. The first kappa shape index (κ1) is 16.3. The van der Waals surface area contributed by atoms with Crippen molar-refractivity contribution in [2.45, 2.75) is 25.3 Å². The molecule has 0 aliphatic carbocycles. The van der Waals surface area contributed by atoms with Gasteiger partial charge in [-0.15, -0.1) is 0 Å². The number of nitrogens with one attached hydrogen (secondary N) is 1. The van der Waals surface area contributed by atoms with Crippen LogP contribution < -0.4 is 28.0 Å². The van der Waals surface area contributed by atoms with Crippen molar-refractivity contribution in [3.63, 3.8) is 0 Å².